The minimum atomic E-state index is -0.0943. The smallest absolute Gasteiger partial charge is 0.308 e. The molecule has 0 fully saturated rings. The Bertz CT molecular complexity index is 354. The van der Waals surface area contributed by atoms with Crippen LogP contribution >= 0.6 is 0 Å². The molecule has 0 bridgehead atoms. The lowest BCUT2D eigenvalue weighted by Crippen LogP contribution is -2.17. The van der Waals surface area contributed by atoms with Gasteiger partial charge in [-0.2, -0.15) is 0 Å². The van der Waals surface area contributed by atoms with Crippen LogP contribution in [0.2, 0.25) is 0 Å². The summed E-state index contributed by atoms with van der Waals surface area (Å²) in [6.07, 6.45) is 9.28. The quantitative estimate of drug-likeness (QED) is 0.549. The van der Waals surface area contributed by atoms with Crippen LogP contribution in [0.4, 0.5) is 0 Å². The Balaban J connectivity index is 2.33. The molecule has 1 unspecified atom stereocenters. The summed E-state index contributed by atoms with van der Waals surface area (Å²) in [7, 11) is 1.46. The van der Waals surface area contributed by atoms with Gasteiger partial charge in [-0.05, 0) is 50.3 Å². The number of unbranched alkanes of at least 4 members (excludes halogenated alkanes) is 1. The average Bonchev–Trinajstić information content (AvgIpc) is 2.46. The fraction of sp³-hybridized carbons (Fsp3) is 0.600. The molecule has 19 heavy (non-hydrogen) atoms. The molecule has 4 nitrogen and oxygen atoms in total. The summed E-state index contributed by atoms with van der Waals surface area (Å²) in [5, 5.41) is 0. The van der Waals surface area contributed by atoms with Crippen LogP contribution < -0.4 is 5.73 Å². The van der Waals surface area contributed by atoms with Crippen LogP contribution in [0.25, 0.3) is 0 Å². The molecule has 0 aliphatic heterocycles. The Morgan fingerprint density at radius 3 is 2.79 bits per heavy atom. The van der Waals surface area contributed by atoms with Crippen molar-refractivity contribution in [1.29, 1.82) is 0 Å². The number of aromatic nitrogens is 1. The molecule has 0 saturated heterocycles. The number of aryl methyl sites for hydroxylation is 1. The third kappa shape index (κ3) is 6.34. The van der Waals surface area contributed by atoms with E-state index in [0.29, 0.717) is 6.54 Å². The second-order valence-corrected chi connectivity index (χ2v) is 4.76. The highest BCUT2D eigenvalue weighted by atomic mass is 16.5. The van der Waals surface area contributed by atoms with Crippen molar-refractivity contribution in [1.82, 2.24) is 4.98 Å². The average molecular weight is 264 g/mol. The molecule has 1 aromatic rings. The third-order valence-corrected chi connectivity index (χ3v) is 3.28. The Labute approximate surface area is 115 Å². The molecule has 4 heteroatoms. The predicted molar refractivity (Wildman–Crippen MR) is 75.6 cm³/mol. The topological polar surface area (TPSA) is 65.2 Å². The van der Waals surface area contributed by atoms with Gasteiger partial charge in [-0.25, -0.2) is 0 Å². The van der Waals surface area contributed by atoms with Gasteiger partial charge in [-0.3, -0.25) is 9.78 Å². The zero-order chi connectivity index (χ0) is 13.9. The van der Waals surface area contributed by atoms with E-state index in [1.165, 1.54) is 12.7 Å². The van der Waals surface area contributed by atoms with Gasteiger partial charge < -0.3 is 10.5 Å². The van der Waals surface area contributed by atoms with Crippen LogP contribution in [0.15, 0.2) is 24.5 Å². The van der Waals surface area contributed by atoms with Crippen molar-refractivity contribution < 1.29 is 9.53 Å². The number of carbonyl (C=O) groups excluding carboxylic acids is 1. The fourth-order valence-electron chi connectivity index (χ4n) is 2.18. The summed E-state index contributed by atoms with van der Waals surface area (Å²) in [4.78, 5) is 15.8. The molecule has 0 spiro atoms. The van der Waals surface area contributed by atoms with Crippen LogP contribution in [-0.2, 0) is 16.0 Å². The highest BCUT2D eigenvalue weighted by Gasteiger charge is 2.18. The lowest BCUT2D eigenvalue weighted by molar-refractivity contribution is -0.146. The number of hydrogen-bond donors (Lipinski definition) is 1. The van der Waals surface area contributed by atoms with Crippen LogP contribution in [0, 0.1) is 5.92 Å². The van der Waals surface area contributed by atoms with Crippen molar-refractivity contribution in [2.24, 2.45) is 11.7 Å². The highest BCUT2D eigenvalue weighted by Crippen LogP contribution is 2.18. The number of ether oxygens (including phenoxy) is 1. The fourth-order valence-corrected chi connectivity index (χ4v) is 2.18. The molecule has 0 aliphatic rings. The molecule has 1 atom stereocenters. The number of methoxy groups -OCH3 is 1. The van der Waals surface area contributed by atoms with E-state index >= 15 is 0 Å². The van der Waals surface area contributed by atoms with E-state index in [0.717, 1.165) is 38.5 Å². The Morgan fingerprint density at radius 1 is 1.37 bits per heavy atom. The summed E-state index contributed by atoms with van der Waals surface area (Å²) in [5.41, 5.74) is 6.69. The number of hydrogen-bond acceptors (Lipinski definition) is 4. The van der Waals surface area contributed by atoms with Crippen molar-refractivity contribution >= 4 is 5.97 Å². The molecule has 0 radical (unpaired) electrons. The van der Waals surface area contributed by atoms with E-state index in [4.69, 9.17) is 10.5 Å². The van der Waals surface area contributed by atoms with Crippen molar-refractivity contribution in [3.8, 4) is 0 Å². The second-order valence-electron chi connectivity index (χ2n) is 4.76. The van der Waals surface area contributed by atoms with Crippen molar-refractivity contribution in [3.63, 3.8) is 0 Å². The standard InChI is InChI=1S/C15H24N2O2/c1-19-15(18)14(8-2-3-10-16)9-4-6-13-7-5-11-17-12-13/h5,7,11-12,14H,2-4,6,8-10,16H2,1H3. The van der Waals surface area contributed by atoms with Gasteiger partial charge in [0.25, 0.3) is 0 Å². The Hall–Kier alpha value is -1.42. The normalized spacial score (nSPS) is 12.1. The van der Waals surface area contributed by atoms with E-state index in [2.05, 4.69) is 11.1 Å². The molecule has 106 valence electrons. The van der Waals surface area contributed by atoms with Gasteiger partial charge in [-0.15, -0.1) is 0 Å². The molecule has 0 amide bonds. The third-order valence-electron chi connectivity index (χ3n) is 3.28. The monoisotopic (exact) mass is 264 g/mol. The predicted octanol–water partition coefficient (Wildman–Crippen LogP) is 2.32. The summed E-state index contributed by atoms with van der Waals surface area (Å²) in [5.74, 6) is -0.0866. The molecule has 2 N–H and O–H groups in total. The minimum Gasteiger partial charge on any atom is -0.469 e. The minimum absolute atomic E-state index is 0.00761. The number of pyridine rings is 1. The maximum atomic E-state index is 11.7. The van der Waals surface area contributed by atoms with E-state index < -0.39 is 0 Å². The molecular formula is C15H24N2O2. The van der Waals surface area contributed by atoms with Gasteiger partial charge in [0, 0.05) is 12.4 Å². The van der Waals surface area contributed by atoms with Crippen molar-refractivity contribution in [2.75, 3.05) is 13.7 Å². The molecule has 1 heterocycles. The van der Waals surface area contributed by atoms with Gasteiger partial charge in [0.05, 0.1) is 13.0 Å². The Morgan fingerprint density at radius 2 is 2.16 bits per heavy atom. The molecular weight excluding hydrogens is 240 g/mol. The van der Waals surface area contributed by atoms with E-state index in [9.17, 15) is 4.79 Å². The number of esters is 1. The lowest BCUT2D eigenvalue weighted by atomic mass is 9.95. The maximum absolute atomic E-state index is 11.7. The van der Waals surface area contributed by atoms with Gasteiger partial charge in [-0.1, -0.05) is 12.5 Å². The largest absolute Gasteiger partial charge is 0.469 e. The summed E-state index contributed by atoms with van der Waals surface area (Å²) in [6, 6.07) is 4.00. The van der Waals surface area contributed by atoms with Gasteiger partial charge in [0.15, 0.2) is 0 Å². The zero-order valence-electron chi connectivity index (χ0n) is 11.7. The summed E-state index contributed by atoms with van der Waals surface area (Å²) in [6.45, 7) is 0.684. The van der Waals surface area contributed by atoms with Crippen LogP contribution in [0.1, 0.15) is 37.7 Å². The number of rotatable bonds is 9. The number of nitrogens with zero attached hydrogens (tertiary/aromatic N) is 1. The zero-order valence-corrected chi connectivity index (χ0v) is 11.7. The first-order valence-corrected chi connectivity index (χ1v) is 6.94. The first-order valence-electron chi connectivity index (χ1n) is 6.94. The number of carbonyl (C=O) groups is 1. The van der Waals surface area contributed by atoms with Crippen LogP contribution in [0.3, 0.4) is 0 Å². The first-order chi connectivity index (χ1) is 9.27. The van der Waals surface area contributed by atoms with Crippen molar-refractivity contribution in [2.45, 2.75) is 38.5 Å². The highest BCUT2D eigenvalue weighted by molar-refractivity contribution is 5.72. The van der Waals surface area contributed by atoms with Gasteiger partial charge in [0.2, 0.25) is 0 Å². The SMILES string of the molecule is COC(=O)C(CCCCN)CCCc1cccnc1. The van der Waals surface area contributed by atoms with Crippen LogP contribution in [-0.4, -0.2) is 24.6 Å². The Kier molecular flexibility index (Phi) is 7.82. The van der Waals surface area contributed by atoms with E-state index in [1.807, 2.05) is 12.3 Å². The van der Waals surface area contributed by atoms with Gasteiger partial charge >= 0.3 is 5.97 Å². The van der Waals surface area contributed by atoms with Crippen molar-refractivity contribution in [3.05, 3.63) is 30.1 Å². The van der Waals surface area contributed by atoms with Crippen LogP contribution in [0.5, 0.6) is 0 Å². The van der Waals surface area contributed by atoms with Gasteiger partial charge in [0.1, 0.15) is 0 Å². The van der Waals surface area contributed by atoms with E-state index in [1.54, 1.807) is 6.20 Å². The summed E-state index contributed by atoms with van der Waals surface area (Å²) < 4.78 is 4.86. The lowest BCUT2D eigenvalue weighted by Gasteiger charge is -2.14. The molecule has 0 aliphatic carbocycles. The second kappa shape index (κ2) is 9.50. The number of nitrogens with two attached hydrogens (primary N) is 1. The molecule has 0 aromatic carbocycles. The maximum Gasteiger partial charge on any atom is 0.308 e. The van der Waals surface area contributed by atoms with E-state index in [-0.39, 0.29) is 11.9 Å². The first kappa shape index (κ1) is 15.6. The molecule has 0 saturated carbocycles. The summed E-state index contributed by atoms with van der Waals surface area (Å²) >= 11 is 0. The molecule has 1 rings (SSSR count). The molecule has 1 aromatic heterocycles.